The number of hydrogen-bond acceptors (Lipinski definition) is 5. The molecule has 0 radical (unpaired) electrons. The molecule has 0 spiro atoms. The van der Waals surface area contributed by atoms with E-state index in [4.69, 9.17) is 0 Å². The van der Waals surface area contributed by atoms with E-state index < -0.39 is 5.97 Å². The zero-order chi connectivity index (χ0) is 13.8. The molecule has 0 fully saturated rings. The number of esters is 1. The maximum absolute atomic E-state index is 12.8. The molecule has 0 saturated heterocycles. The minimum absolute atomic E-state index is 0.0303. The molecule has 1 N–H and O–H groups in total. The Bertz CT molecular complexity index is 568. The molecule has 0 saturated carbocycles. The Balaban J connectivity index is 2.06. The van der Waals surface area contributed by atoms with Crippen LogP contribution in [0.1, 0.15) is 28.2 Å². The summed E-state index contributed by atoms with van der Waals surface area (Å²) in [5, 5.41) is 3.78. The quantitative estimate of drug-likeness (QED) is 0.873. The first-order valence-corrected chi connectivity index (χ1v) is 6.48. The molecule has 2 aromatic rings. The Kier molecular flexibility index (Phi) is 4.11. The van der Waals surface area contributed by atoms with E-state index in [1.54, 1.807) is 12.1 Å². The van der Waals surface area contributed by atoms with Crippen molar-refractivity contribution in [2.24, 2.45) is 0 Å². The summed E-state index contributed by atoms with van der Waals surface area (Å²) < 4.78 is 17.4. The van der Waals surface area contributed by atoms with E-state index in [2.05, 4.69) is 15.0 Å². The highest BCUT2D eigenvalue weighted by molar-refractivity contribution is 7.17. The maximum Gasteiger partial charge on any atom is 0.349 e. The van der Waals surface area contributed by atoms with Crippen LogP contribution in [0.5, 0.6) is 0 Å². The topological polar surface area (TPSA) is 51.2 Å². The number of rotatable bonds is 4. The van der Waals surface area contributed by atoms with E-state index in [1.165, 1.54) is 36.8 Å². The molecule has 0 aliphatic rings. The Labute approximate surface area is 114 Å². The summed E-state index contributed by atoms with van der Waals surface area (Å²) in [6.07, 6.45) is 1.47. The first-order chi connectivity index (χ1) is 9.10. The highest BCUT2D eigenvalue weighted by Crippen LogP contribution is 2.24. The Morgan fingerprint density at radius 3 is 2.74 bits per heavy atom. The molecule has 0 bridgehead atoms. The molecule has 19 heavy (non-hydrogen) atoms. The molecular weight excluding hydrogens is 267 g/mol. The number of nitrogens with zero attached hydrogens (tertiary/aromatic N) is 1. The van der Waals surface area contributed by atoms with E-state index in [0.29, 0.717) is 10.0 Å². The van der Waals surface area contributed by atoms with Gasteiger partial charge in [0.1, 0.15) is 10.7 Å². The fraction of sp³-hybridized carbons (Fsp3) is 0.231. The van der Waals surface area contributed by atoms with Gasteiger partial charge in [-0.15, -0.1) is 0 Å². The Morgan fingerprint density at radius 2 is 2.11 bits per heavy atom. The molecule has 4 nitrogen and oxygen atoms in total. The summed E-state index contributed by atoms with van der Waals surface area (Å²) in [5.74, 6) is -0.668. The third-order valence-electron chi connectivity index (χ3n) is 2.60. The van der Waals surface area contributed by atoms with E-state index in [1.807, 2.05) is 6.92 Å². The van der Waals surface area contributed by atoms with E-state index in [0.717, 1.165) is 5.56 Å². The zero-order valence-electron chi connectivity index (χ0n) is 10.5. The van der Waals surface area contributed by atoms with Crippen molar-refractivity contribution in [2.75, 3.05) is 12.4 Å². The average Bonchev–Trinajstić information content (AvgIpc) is 2.87. The van der Waals surface area contributed by atoms with Gasteiger partial charge in [0.25, 0.3) is 0 Å². The van der Waals surface area contributed by atoms with Crippen LogP contribution >= 0.6 is 11.3 Å². The maximum atomic E-state index is 12.8. The van der Waals surface area contributed by atoms with Crippen LogP contribution in [-0.4, -0.2) is 18.1 Å². The van der Waals surface area contributed by atoms with Crippen molar-refractivity contribution < 1.29 is 13.9 Å². The summed E-state index contributed by atoms with van der Waals surface area (Å²) in [6, 6.07) is 6.21. The number of hydrogen-bond donors (Lipinski definition) is 1. The monoisotopic (exact) mass is 280 g/mol. The van der Waals surface area contributed by atoms with Crippen LogP contribution in [0.4, 0.5) is 9.52 Å². The van der Waals surface area contributed by atoms with Gasteiger partial charge in [0, 0.05) is 0 Å². The minimum Gasteiger partial charge on any atom is -0.465 e. The predicted molar refractivity (Wildman–Crippen MR) is 71.9 cm³/mol. The van der Waals surface area contributed by atoms with Gasteiger partial charge in [-0.2, -0.15) is 0 Å². The number of methoxy groups -OCH3 is 1. The smallest absolute Gasteiger partial charge is 0.349 e. The molecule has 1 aromatic heterocycles. The number of ether oxygens (including phenoxy) is 1. The molecule has 1 heterocycles. The first kappa shape index (κ1) is 13.5. The lowest BCUT2D eigenvalue weighted by atomic mass is 10.1. The second kappa shape index (κ2) is 5.79. The minimum atomic E-state index is -0.403. The second-order valence-corrected chi connectivity index (χ2v) is 4.97. The Hall–Kier alpha value is -1.95. The summed E-state index contributed by atoms with van der Waals surface area (Å²) >= 11 is 1.22. The molecule has 2 rings (SSSR count). The molecular formula is C13H13FN2O2S. The molecule has 1 aromatic carbocycles. The largest absolute Gasteiger partial charge is 0.465 e. The van der Waals surface area contributed by atoms with Crippen molar-refractivity contribution in [2.45, 2.75) is 13.0 Å². The van der Waals surface area contributed by atoms with Gasteiger partial charge in [-0.25, -0.2) is 14.2 Å². The number of thiazole rings is 1. The fourth-order valence-electron chi connectivity index (χ4n) is 1.56. The van der Waals surface area contributed by atoms with Crippen LogP contribution in [0.15, 0.2) is 30.5 Å². The van der Waals surface area contributed by atoms with Gasteiger partial charge in [0.15, 0.2) is 5.13 Å². The van der Waals surface area contributed by atoms with Gasteiger partial charge in [0.05, 0.1) is 19.3 Å². The van der Waals surface area contributed by atoms with Crippen LogP contribution in [-0.2, 0) is 4.74 Å². The van der Waals surface area contributed by atoms with Crippen LogP contribution in [0.25, 0.3) is 0 Å². The number of aromatic nitrogens is 1. The van der Waals surface area contributed by atoms with Crippen LogP contribution in [0.2, 0.25) is 0 Å². The fourth-order valence-corrected chi connectivity index (χ4v) is 2.38. The van der Waals surface area contributed by atoms with Crippen molar-refractivity contribution >= 4 is 22.4 Å². The standard InChI is InChI=1S/C13H13FN2O2S/c1-8(9-3-5-10(14)6-4-9)16-13-15-7-11(19-13)12(17)18-2/h3-8H,1-2H3,(H,15,16). The van der Waals surface area contributed by atoms with E-state index >= 15 is 0 Å². The molecule has 1 atom stereocenters. The molecule has 0 aliphatic heterocycles. The number of carbonyl (C=O) groups is 1. The Morgan fingerprint density at radius 1 is 1.42 bits per heavy atom. The number of carbonyl (C=O) groups excluding carboxylic acids is 1. The van der Waals surface area contributed by atoms with Gasteiger partial charge in [0.2, 0.25) is 0 Å². The van der Waals surface area contributed by atoms with Crippen LogP contribution in [0, 0.1) is 5.82 Å². The van der Waals surface area contributed by atoms with E-state index in [9.17, 15) is 9.18 Å². The molecule has 6 heteroatoms. The third-order valence-corrected chi connectivity index (χ3v) is 3.51. The SMILES string of the molecule is COC(=O)c1cnc(NC(C)c2ccc(F)cc2)s1. The lowest BCUT2D eigenvalue weighted by Crippen LogP contribution is -2.06. The summed E-state index contributed by atoms with van der Waals surface area (Å²) in [7, 11) is 1.33. The highest BCUT2D eigenvalue weighted by Gasteiger charge is 2.12. The molecule has 100 valence electrons. The third kappa shape index (κ3) is 3.29. The van der Waals surface area contributed by atoms with Crippen molar-refractivity contribution in [3.8, 4) is 0 Å². The average molecular weight is 280 g/mol. The zero-order valence-corrected chi connectivity index (χ0v) is 11.3. The lowest BCUT2D eigenvalue weighted by Gasteiger charge is -2.12. The van der Waals surface area contributed by atoms with Gasteiger partial charge in [-0.05, 0) is 24.6 Å². The van der Waals surface area contributed by atoms with Crippen LogP contribution in [0.3, 0.4) is 0 Å². The highest BCUT2D eigenvalue weighted by atomic mass is 32.1. The van der Waals surface area contributed by atoms with Crippen LogP contribution < -0.4 is 5.32 Å². The predicted octanol–water partition coefficient (Wildman–Crippen LogP) is 3.24. The lowest BCUT2D eigenvalue weighted by molar-refractivity contribution is 0.0606. The second-order valence-electron chi connectivity index (χ2n) is 3.94. The number of anilines is 1. The van der Waals surface area contributed by atoms with Crippen molar-refractivity contribution in [1.29, 1.82) is 0 Å². The van der Waals surface area contributed by atoms with E-state index in [-0.39, 0.29) is 11.9 Å². The van der Waals surface area contributed by atoms with Gasteiger partial charge in [-0.1, -0.05) is 23.5 Å². The molecule has 0 amide bonds. The first-order valence-electron chi connectivity index (χ1n) is 5.66. The van der Waals surface area contributed by atoms with Gasteiger partial charge >= 0.3 is 5.97 Å². The molecule has 0 aliphatic carbocycles. The van der Waals surface area contributed by atoms with Crippen molar-refractivity contribution in [1.82, 2.24) is 4.98 Å². The normalized spacial score (nSPS) is 11.9. The van der Waals surface area contributed by atoms with Gasteiger partial charge in [-0.3, -0.25) is 0 Å². The summed E-state index contributed by atoms with van der Waals surface area (Å²) in [4.78, 5) is 15.8. The number of nitrogens with one attached hydrogen (secondary N) is 1. The van der Waals surface area contributed by atoms with Crippen molar-refractivity contribution in [3.63, 3.8) is 0 Å². The summed E-state index contributed by atoms with van der Waals surface area (Å²) in [6.45, 7) is 1.94. The van der Waals surface area contributed by atoms with Crippen molar-refractivity contribution in [3.05, 3.63) is 46.7 Å². The summed E-state index contributed by atoms with van der Waals surface area (Å²) in [5.41, 5.74) is 0.941. The van der Waals surface area contributed by atoms with Gasteiger partial charge < -0.3 is 10.1 Å². The molecule has 1 unspecified atom stereocenters. The number of halogens is 1. The number of benzene rings is 1.